The van der Waals surface area contributed by atoms with Crippen molar-refractivity contribution in [3.8, 4) is 0 Å². The molecule has 0 radical (unpaired) electrons. The Kier molecular flexibility index (Phi) is 7.75. The second kappa shape index (κ2) is 9.54. The molecule has 25 heavy (non-hydrogen) atoms. The van der Waals surface area contributed by atoms with Gasteiger partial charge in [0.1, 0.15) is 5.60 Å². The maximum absolute atomic E-state index is 11.4. The monoisotopic (exact) mass is 344 g/mol. The van der Waals surface area contributed by atoms with Crippen LogP contribution in [0.5, 0.6) is 0 Å². The van der Waals surface area contributed by atoms with Crippen molar-refractivity contribution in [3.05, 3.63) is 59.7 Å². The SMILES string of the molecule is CC(C)(C)OC(=O)NCc1ccccc1N.NCc1ccccc1N. The second-order valence-corrected chi connectivity index (χ2v) is 6.46. The van der Waals surface area contributed by atoms with Crippen molar-refractivity contribution in [3.63, 3.8) is 0 Å². The van der Waals surface area contributed by atoms with Crippen molar-refractivity contribution >= 4 is 17.5 Å². The number of nitrogens with two attached hydrogens (primary N) is 3. The highest BCUT2D eigenvalue weighted by Crippen LogP contribution is 2.11. The highest BCUT2D eigenvalue weighted by molar-refractivity contribution is 5.68. The van der Waals surface area contributed by atoms with Gasteiger partial charge in [-0.2, -0.15) is 0 Å². The van der Waals surface area contributed by atoms with Crippen LogP contribution in [0.1, 0.15) is 31.9 Å². The van der Waals surface area contributed by atoms with E-state index in [2.05, 4.69) is 5.32 Å². The average molecular weight is 344 g/mol. The van der Waals surface area contributed by atoms with E-state index in [0.717, 1.165) is 16.8 Å². The van der Waals surface area contributed by atoms with Gasteiger partial charge in [0.2, 0.25) is 0 Å². The lowest BCUT2D eigenvalue weighted by atomic mass is 10.2. The summed E-state index contributed by atoms with van der Waals surface area (Å²) >= 11 is 0. The molecule has 2 aromatic carbocycles. The van der Waals surface area contributed by atoms with Crippen molar-refractivity contribution in [2.45, 2.75) is 39.5 Å². The molecule has 0 saturated heterocycles. The van der Waals surface area contributed by atoms with Crippen LogP contribution in [-0.2, 0) is 17.8 Å². The highest BCUT2D eigenvalue weighted by atomic mass is 16.6. The standard InChI is InChI=1S/C12H18N2O2.C7H10N2/c1-12(2,3)16-11(15)14-8-9-6-4-5-7-10(9)13;8-5-6-3-1-2-4-7(6)9/h4-7H,8,13H2,1-3H3,(H,14,15);1-4H,5,8-9H2. The third kappa shape index (κ3) is 8.08. The molecule has 0 aliphatic rings. The predicted molar refractivity (Wildman–Crippen MR) is 103 cm³/mol. The van der Waals surface area contributed by atoms with Crippen molar-refractivity contribution < 1.29 is 9.53 Å². The summed E-state index contributed by atoms with van der Waals surface area (Å²) in [4.78, 5) is 11.4. The van der Waals surface area contributed by atoms with Crippen LogP contribution in [0.4, 0.5) is 16.2 Å². The minimum atomic E-state index is -0.480. The van der Waals surface area contributed by atoms with Gasteiger partial charge in [0.25, 0.3) is 0 Å². The van der Waals surface area contributed by atoms with Crippen molar-refractivity contribution in [2.24, 2.45) is 5.73 Å². The topological polar surface area (TPSA) is 116 Å². The summed E-state index contributed by atoms with van der Waals surface area (Å²) in [6.07, 6.45) is -0.434. The molecule has 0 bridgehead atoms. The molecule has 0 unspecified atom stereocenters. The quantitative estimate of drug-likeness (QED) is 0.639. The van der Waals surface area contributed by atoms with Crippen LogP contribution in [0.25, 0.3) is 0 Å². The zero-order valence-electron chi connectivity index (χ0n) is 15.1. The first-order chi connectivity index (χ1) is 11.7. The number of carbonyl (C=O) groups is 1. The molecule has 2 aromatic rings. The summed E-state index contributed by atoms with van der Waals surface area (Å²) < 4.78 is 5.11. The number of rotatable bonds is 3. The van der Waals surface area contributed by atoms with Crippen LogP contribution in [0, 0.1) is 0 Å². The molecule has 2 rings (SSSR count). The normalized spacial score (nSPS) is 10.4. The largest absolute Gasteiger partial charge is 0.444 e. The summed E-state index contributed by atoms with van der Waals surface area (Å²) in [5.41, 5.74) is 19.5. The van der Waals surface area contributed by atoms with E-state index in [4.69, 9.17) is 21.9 Å². The van der Waals surface area contributed by atoms with E-state index in [1.807, 2.05) is 63.2 Å². The van der Waals surface area contributed by atoms with Gasteiger partial charge in [0.05, 0.1) is 0 Å². The first-order valence-electron chi connectivity index (χ1n) is 8.06. The highest BCUT2D eigenvalue weighted by Gasteiger charge is 2.15. The Hall–Kier alpha value is -2.73. The van der Waals surface area contributed by atoms with Crippen LogP contribution in [0.2, 0.25) is 0 Å². The number of hydrogen-bond donors (Lipinski definition) is 4. The van der Waals surface area contributed by atoms with Crippen LogP contribution in [0.15, 0.2) is 48.5 Å². The van der Waals surface area contributed by atoms with Gasteiger partial charge in [-0.05, 0) is 44.0 Å². The maximum atomic E-state index is 11.4. The Morgan fingerprint density at radius 1 is 0.960 bits per heavy atom. The number of benzene rings is 2. The van der Waals surface area contributed by atoms with E-state index in [0.29, 0.717) is 18.8 Å². The van der Waals surface area contributed by atoms with Crippen molar-refractivity contribution in [2.75, 3.05) is 11.5 Å². The first kappa shape index (κ1) is 20.3. The van der Waals surface area contributed by atoms with Crippen LogP contribution in [0.3, 0.4) is 0 Å². The summed E-state index contributed by atoms with van der Waals surface area (Å²) in [5.74, 6) is 0. The van der Waals surface area contributed by atoms with Crippen LogP contribution >= 0.6 is 0 Å². The molecule has 0 atom stereocenters. The van der Waals surface area contributed by atoms with Gasteiger partial charge in [0.15, 0.2) is 0 Å². The van der Waals surface area contributed by atoms with E-state index >= 15 is 0 Å². The smallest absolute Gasteiger partial charge is 0.407 e. The summed E-state index contributed by atoms with van der Waals surface area (Å²) in [7, 11) is 0. The zero-order valence-corrected chi connectivity index (χ0v) is 15.1. The number of ether oxygens (including phenoxy) is 1. The summed E-state index contributed by atoms with van der Waals surface area (Å²) in [6, 6.07) is 15.0. The molecular weight excluding hydrogens is 316 g/mol. The number of para-hydroxylation sites is 2. The predicted octanol–water partition coefficient (Wildman–Crippen LogP) is 3.02. The molecular formula is C19H28N4O2. The number of carbonyl (C=O) groups excluding carboxylic acids is 1. The van der Waals surface area contributed by atoms with E-state index < -0.39 is 11.7 Å². The minimum Gasteiger partial charge on any atom is -0.444 e. The molecule has 6 heteroatoms. The van der Waals surface area contributed by atoms with E-state index in [1.165, 1.54) is 0 Å². The molecule has 0 heterocycles. The molecule has 0 aromatic heterocycles. The fourth-order valence-electron chi connectivity index (χ4n) is 1.90. The Labute approximate surface area is 149 Å². The summed E-state index contributed by atoms with van der Waals surface area (Å²) in [6.45, 7) is 6.37. The van der Waals surface area contributed by atoms with E-state index in [1.54, 1.807) is 6.07 Å². The van der Waals surface area contributed by atoms with Gasteiger partial charge in [0, 0.05) is 24.5 Å². The number of amides is 1. The van der Waals surface area contributed by atoms with Crippen molar-refractivity contribution in [1.29, 1.82) is 0 Å². The lowest BCUT2D eigenvalue weighted by Crippen LogP contribution is -2.32. The molecule has 0 aliphatic carbocycles. The lowest BCUT2D eigenvalue weighted by molar-refractivity contribution is 0.0523. The maximum Gasteiger partial charge on any atom is 0.407 e. The molecule has 0 fully saturated rings. The van der Waals surface area contributed by atoms with E-state index in [9.17, 15) is 4.79 Å². The number of anilines is 2. The molecule has 0 spiro atoms. The number of alkyl carbamates (subject to hydrolysis) is 1. The van der Waals surface area contributed by atoms with Gasteiger partial charge in [-0.1, -0.05) is 36.4 Å². The molecule has 6 nitrogen and oxygen atoms in total. The molecule has 7 N–H and O–H groups in total. The lowest BCUT2D eigenvalue weighted by Gasteiger charge is -2.19. The Morgan fingerprint density at radius 2 is 1.44 bits per heavy atom. The van der Waals surface area contributed by atoms with Gasteiger partial charge in [-0.3, -0.25) is 0 Å². The molecule has 0 aliphatic heterocycles. The number of nitrogen functional groups attached to an aromatic ring is 2. The minimum absolute atomic E-state index is 0.377. The van der Waals surface area contributed by atoms with Crippen molar-refractivity contribution in [1.82, 2.24) is 5.32 Å². The van der Waals surface area contributed by atoms with Gasteiger partial charge >= 0.3 is 6.09 Å². The number of hydrogen-bond acceptors (Lipinski definition) is 5. The third-order valence-electron chi connectivity index (χ3n) is 3.15. The molecule has 1 amide bonds. The Bertz CT molecular complexity index is 681. The molecule has 0 saturated carbocycles. The second-order valence-electron chi connectivity index (χ2n) is 6.46. The van der Waals surface area contributed by atoms with Gasteiger partial charge in [-0.15, -0.1) is 0 Å². The zero-order chi connectivity index (χ0) is 18.9. The first-order valence-corrected chi connectivity index (χ1v) is 8.06. The molecule has 136 valence electrons. The summed E-state index contributed by atoms with van der Waals surface area (Å²) in [5, 5.41) is 2.66. The average Bonchev–Trinajstić information content (AvgIpc) is 2.53. The van der Waals surface area contributed by atoms with E-state index in [-0.39, 0.29) is 0 Å². The third-order valence-corrected chi connectivity index (χ3v) is 3.15. The fraction of sp³-hybridized carbons (Fsp3) is 0.316. The Morgan fingerprint density at radius 3 is 1.84 bits per heavy atom. The number of nitrogens with one attached hydrogen (secondary N) is 1. The van der Waals surface area contributed by atoms with Crippen LogP contribution in [-0.4, -0.2) is 11.7 Å². The fourth-order valence-corrected chi connectivity index (χ4v) is 1.90. The van der Waals surface area contributed by atoms with Gasteiger partial charge in [-0.25, -0.2) is 4.79 Å². The van der Waals surface area contributed by atoms with Gasteiger partial charge < -0.3 is 27.3 Å². The Balaban J connectivity index is 0.000000293. The van der Waals surface area contributed by atoms with Crippen LogP contribution < -0.4 is 22.5 Å².